The molecular formula is C14H18N4O2S. The quantitative estimate of drug-likeness (QED) is 0.877. The van der Waals surface area contributed by atoms with Crippen LogP contribution in [0.5, 0.6) is 0 Å². The molecule has 0 radical (unpaired) electrons. The molecule has 2 N–H and O–H groups in total. The SMILES string of the molecule is O=C(CCc1nc(-c2cccs2)no1)NC1CCCNC1. The molecule has 7 heteroatoms. The smallest absolute Gasteiger partial charge is 0.227 e. The lowest BCUT2D eigenvalue weighted by molar-refractivity contribution is -0.121. The van der Waals surface area contributed by atoms with Gasteiger partial charge in [-0.3, -0.25) is 4.79 Å². The second-order valence-electron chi connectivity index (χ2n) is 5.10. The summed E-state index contributed by atoms with van der Waals surface area (Å²) >= 11 is 1.57. The van der Waals surface area contributed by atoms with E-state index in [1.807, 2.05) is 17.5 Å². The minimum absolute atomic E-state index is 0.0413. The Morgan fingerprint density at radius 2 is 2.52 bits per heavy atom. The van der Waals surface area contributed by atoms with Gasteiger partial charge in [0.25, 0.3) is 0 Å². The number of nitrogens with zero attached hydrogens (tertiary/aromatic N) is 2. The molecule has 3 heterocycles. The summed E-state index contributed by atoms with van der Waals surface area (Å²) in [6.45, 7) is 1.90. The van der Waals surface area contributed by atoms with Crippen molar-refractivity contribution in [3.05, 3.63) is 23.4 Å². The first-order valence-corrected chi connectivity index (χ1v) is 8.06. The van der Waals surface area contributed by atoms with Crippen LogP contribution in [0.4, 0.5) is 0 Å². The van der Waals surface area contributed by atoms with Crippen molar-refractivity contribution in [2.24, 2.45) is 0 Å². The van der Waals surface area contributed by atoms with E-state index < -0.39 is 0 Å². The van der Waals surface area contributed by atoms with Crippen LogP contribution in [0.25, 0.3) is 10.7 Å². The Hall–Kier alpha value is -1.73. The van der Waals surface area contributed by atoms with Gasteiger partial charge in [0, 0.05) is 25.4 Å². The second kappa shape index (κ2) is 6.82. The molecule has 2 aromatic rings. The fraction of sp³-hybridized carbons (Fsp3) is 0.500. The highest BCUT2D eigenvalue weighted by Crippen LogP contribution is 2.21. The highest BCUT2D eigenvalue weighted by Gasteiger charge is 2.16. The number of nitrogens with one attached hydrogen (secondary N) is 2. The number of rotatable bonds is 5. The maximum Gasteiger partial charge on any atom is 0.227 e. The van der Waals surface area contributed by atoms with Crippen molar-refractivity contribution in [1.82, 2.24) is 20.8 Å². The van der Waals surface area contributed by atoms with Gasteiger partial charge in [-0.1, -0.05) is 11.2 Å². The maximum absolute atomic E-state index is 11.9. The van der Waals surface area contributed by atoms with E-state index in [4.69, 9.17) is 4.52 Å². The van der Waals surface area contributed by atoms with Gasteiger partial charge in [0.1, 0.15) is 0 Å². The third kappa shape index (κ3) is 3.89. The average Bonchev–Trinajstić information content (AvgIpc) is 3.17. The Kier molecular flexibility index (Phi) is 4.62. The molecule has 1 saturated heterocycles. The highest BCUT2D eigenvalue weighted by atomic mass is 32.1. The van der Waals surface area contributed by atoms with Gasteiger partial charge < -0.3 is 15.2 Å². The van der Waals surface area contributed by atoms with E-state index in [9.17, 15) is 4.79 Å². The van der Waals surface area contributed by atoms with Crippen LogP contribution in [0.2, 0.25) is 0 Å². The maximum atomic E-state index is 11.9. The van der Waals surface area contributed by atoms with Crippen molar-refractivity contribution >= 4 is 17.2 Å². The van der Waals surface area contributed by atoms with Gasteiger partial charge >= 0.3 is 0 Å². The summed E-state index contributed by atoms with van der Waals surface area (Å²) in [6, 6.07) is 4.14. The third-order valence-corrected chi connectivity index (χ3v) is 4.30. The first kappa shape index (κ1) is 14.2. The van der Waals surface area contributed by atoms with E-state index >= 15 is 0 Å². The van der Waals surface area contributed by atoms with Gasteiger partial charge in [-0.25, -0.2) is 0 Å². The summed E-state index contributed by atoms with van der Waals surface area (Å²) < 4.78 is 5.18. The molecular weight excluding hydrogens is 288 g/mol. The third-order valence-electron chi connectivity index (χ3n) is 3.44. The number of piperidine rings is 1. The molecule has 6 nitrogen and oxygen atoms in total. The Morgan fingerprint density at radius 1 is 1.57 bits per heavy atom. The van der Waals surface area contributed by atoms with Crippen LogP contribution in [0.15, 0.2) is 22.0 Å². The highest BCUT2D eigenvalue weighted by molar-refractivity contribution is 7.13. The summed E-state index contributed by atoms with van der Waals surface area (Å²) in [4.78, 5) is 17.2. The Morgan fingerprint density at radius 3 is 3.29 bits per heavy atom. The summed E-state index contributed by atoms with van der Waals surface area (Å²) in [5.41, 5.74) is 0. The van der Waals surface area contributed by atoms with Crippen molar-refractivity contribution < 1.29 is 9.32 Å². The molecule has 1 fully saturated rings. The Bertz CT molecular complexity index is 576. The van der Waals surface area contributed by atoms with Crippen LogP contribution in [0, 0.1) is 0 Å². The van der Waals surface area contributed by atoms with Gasteiger partial charge in [0.15, 0.2) is 0 Å². The molecule has 21 heavy (non-hydrogen) atoms. The van der Waals surface area contributed by atoms with Crippen molar-refractivity contribution in [3.8, 4) is 10.7 Å². The molecule has 1 unspecified atom stereocenters. The number of aryl methyl sites for hydroxylation is 1. The van der Waals surface area contributed by atoms with Gasteiger partial charge in [0.05, 0.1) is 4.88 Å². The first-order valence-electron chi connectivity index (χ1n) is 7.18. The van der Waals surface area contributed by atoms with E-state index in [2.05, 4.69) is 20.8 Å². The number of aromatic nitrogens is 2. The van der Waals surface area contributed by atoms with E-state index in [-0.39, 0.29) is 11.9 Å². The van der Waals surface area contributed by atoms with Crippen molar-refractivity contribution in [1.29, 1.82) is 0 Å². The number of carbonyl (C=O) groups is 1. The first-order chi connectivity index (χ1) is 10.3. The molecule has 0 bridgehead atoms. The van der Waals surface area contributed by atoms with Crippen LogP contribution >= 0.6 is 11.3 Å². The molecule has 0 saturated carbocycles. The minimum atomic E-state index is 0.0413. The topological polar surface area (TPSA) is 80.0 Å². The standard InChI is InChI=1S/C14H18N4O2S/c19-12(16-10-3-1-7-15-9-10)5-6-13-17-14(18-20-13)11-4-2-8-21-11/h2,4,8,10,15H,1,3,5-7,9H2,(H,16,19). The van der Waals surface area contributed by atoms with Gasteiger partial charge in [-0.2, -0.15) is 4.98 Å². The molecule has 3 rings (SSSR count). The largest absolute Gasteiger partial charge is 0.352 e. The van der Waals surface area contributed by atoms with Gasteiger partial charge in [-0.15, -0.1) is 11.3 Å². The van der Waals surface area contributed by atoms with Gasteiger partial charge in [0.2, 0.25) is 17.6 Å². The summed E-state index contributed by atoms with van der Waals surface area (Å²) in [6.07, 6.45) is 3.01. The lowest BCUT2D eigenvalue weighted by Gasteiger charge is -2.23. The fourth-order valence-electron chi connectivity index (χ4n) is 2.36. The zero-order chi connectivity index (χ0) is 14.5. The van der Waals surface area contributed by atoms with Gasteiger partial charge in [-0.05, 0) is 30.8 Å². The minimum Gasteiger partial charge on any atom is -0.352 e. The second-order valence-corrected chi connectivity index (χ2v) is 6.05. The van der Waals surface area contributed by atoms with Crippen molar-refractivity contribution in [2.45, 2.75) is 31.7 Å². The van der Waals surface area contributed by atoms with Crippen LogP contribution in [0.3, 0.4) is 0 Å². The summed E-state index contributed by atoms with van der Waals surface area (Å²) in [5, 5.41) is 12.2. The molecule has 112 valence electrons. The monoisotopic (exact) mass is 306 g/mol. The molecule has 1 aliphatic rings. The number of hydrogen-bond acceptors (Lipinski definition) is 6. The summed E-state index contributed by atoms with van der Waals surface area (Å²) in [7, 11) is 0. The Balaban J connectivity index is 1.47. The zero-order valence-electron chi connectivity index (χ0n) is 11.7. The molecule has 2 aromatic heterocycles. The van der Waals surface area contributed by atoms with E-state index in [0.29, 0.717) is 24.6 Å². The van der Waals surface area contributed by atoms with E-state index in [0.717, 1.165) is 30.8 Å². The van der Waals surface area contributed by atoms with Crippen LogP contribution < -0.4 is 10.6 Å². The predicted octanol–water partition coefficient (Wildman–Crippen LogP) is 1.60. The zero-order valence-corrected chi connectivity index (χ0v) is 12.5. The lowest BCUT2D eigenvalue weighted by atomic mass is 10.1. The normalized spacial score (nSPS) is 18.6. The van der Waals surface area contributed by atoms with Crippen LogP contribution in [0.1, 0.15) is 25.2 Å². The Labute approximate surface area is 126 Å². The van der Waals surface area contributed by atoms with Crippen molar-refractivity contribution in [2.75, 3.05) is 13.1 Å². The molecule has 0 aromatic carbocycles. The number of hydrogen-bond donors (Lipinski definition) is 2. The molecule has 1 amide bonds. The average molecular weight is 306 g/mol. The molecule has 1 aliphatic heterocycles. The number of carbonyl (C=O) groups excluding carboxylic acids is 1. The predicted molar refractivity (Wildman–Crippen MR) is 80.0 cm³/mol. The fourth-order valence-corrected chi connectivity index (χ4v) is 3.01. The lowest BCUT2D eigenvalue weighted by Crippen LogP contribution is -2.45. The van der Waals surface area contributed by atoms with E-state index in [1.165, 1.54) is 0 Å². The molecule has 0 spiro atoms. The van der Waals surface area contributed by atoms with Crippen molar-refractivity contribution in [3.63, 3.8) is 0 Å². The number of amides is 1. The summed E-state index contributed by atoms with van der Waals surface area (Å²) in [5.74, 6) is 1.15. The van der Waals surface area contributed by atoms with Crippen LogP contribution in [-0.4, -0.2) is 35.2 Å². The van der Waals surface area contributed by atoms with E-state index in [1.54, 1.807) is 11.3 Å². The van der Waals surface area contributed by atoms with Crippen LogP contribution in [-0.2, 0) is 11.2 Å². The molecule has 1 atom stereocenters. The molecule has 0 aliphatic carbocycles. The number of thiophene rings is 1.